The molecule has 71 valence electrons. The van der Waals surface area contributed by atoms with Gasteiger partial charge in [0.15, 0.2) is 0 Å². The number of aryl methyl sites for hydroxylation is 1. The molecule has 0 atom stereocenters. The maximum Gasteiger partial charge on any atom is 0.340 e. The lowest BCUT2D eigenvalue weighted by atomic mass is 10.3. The minimum Gasteiger partial charge on any atom is -0.478 e. The molecule has 2 aromatic rings. The number of hydrogen-bond acceptors (Lipinski definition) is 4. The van der Waals surface area contributed by atoms with Crippen molar-refractivity contribution in [3.8, 4) is 0 Å². The lowest BCUT2D eigenvalue weighted by Gasteiger charge is -1.98. The molecule has 0 aromatic carbocycles. The first-order valence-corrected chi connectivity index (χ1v) is 4.13. The number of aromatic carboxylic acids is 1. The van der Waals surface area contributed by atoms with Gasteiger partial charge in [-0.05, 0) is 6.92 Å². The summed E-state index contributed by atoms with van der Waals surface area (Å²) in [6.45, 7) is 1.68. The standard InChI is InChI=1S/C7H5N4O2S/c1-3-9-7-8-2-4(6(12)13)5(14)11(7)10-3/h2H,1H3,(H,12,13). The van der Waals surface area contributed by atoms with Crippen LogP contribution in [0.15, 0.2) is 11.2 Å². The number of nitrogens with zero attached hydrogens (tertiary/aromatic N) is 4. The molecule has 0 amide bonds. The summed E-state index contributed by atoms with van der Waals surface area (Å²) in [5.41, 5.74) is -0.0441. The molecule has 0 aliphatic heterocycles. The van der Waals surface area contributed by atoms with Crippen LogP contribution in [0.25, 0.3) is 5.78 Å². The van der Waals surface area contributed by atoms with Gasteiger partial charge in [-0.2, -0.15) is 9.50 Å². The Balaban J connectivity index is 2.80. The Morgan fingerprint density at radius 3 is 3.00 bits per heavy atom. The lowest BCUT2D eigenvalue weighted by Crippen LogP contribution is -2.04. The highest BCUT2D eigenvalue weighted by molar-refractivity contribution is 7.80. The van der Waals surface area contributed by atoms with Crippen molar-refractivity contribution in [2.24, 2.45) is 0 Å². The summed E-state index contributed by atoms with van der Waals surface area (Å²) in [4.78, 5) is 18.5. The van der Waals surface area contributed by atoms with E-state index in [1.54, 1.807) is 6.92 Å². The monoisotopic (exact) mass is 209 g/mol. The second kappa shape index (κ2) is 2.88. The van der Waals surface area contributed by atoms with Crippen LogP contribution < -0.4 is 0 Å². The van der Waals surface area contributed by atoms with E-state index in [2.05, 4.69) is 15.1 Å². The maximum atomic E-state index is 10.7. The maximum absolute atomic E-state index is 10.7. The number of carbonyl (C=O) groups is 1. The molecule has 0 fully saturated rings. The molecule has 14 heavy (non-hydrogen) atoms. The molecule has 0 bridgehead atoms. The predicted octanol–water partition coefficient (Wildman–Crippen LogP) is 0.687. The van der Waals surface area contributed by atoms with Crippen LogP contribution in [0.5, 0.6) is 0 Å². The van der Waals surface area contributed by atoms with Crippen molar-refractivity contribution in [1.82, 2.24) is 19.6 Å². The van der Waals surface area contributed by atoms with Crippen molar-refractivity contribution >= 4 is 24.4 Å². The average Bonchev–Trinajstić information content (AvgIpc) is 2.46. The van der Waals surface area contributed by atoms with Crippen LogP contribution in [-0.2, 0) is 0 Å². The van der Waals surface area contributed by atoms with E-state index in [0.717, 1.165) is 0 Å². The number of rotatable bonds is 1. The Morgan fingerprint density at radius 2 is 2.36 bits per heavy atom. The zero-order chi connectivity index (χ0) is 10.3. The first-order valence-electron chi connectivity index (χ1n) is 3.72. The zero-order valence-electron chi connectivity index (χ0n) is 7.13. The van der Waals surface area contributed by atoms with Crippen LogP contribution in [0.3, 0.4) is 0 Å². The fourth-order valence-corrected chi connectivity index (χ4v) is 1.32. The highest BCUT2D eigenvalue weighted by Gasteiger charge is 2.14. The number of fused-ring (bicyclic) bond motifs is 1. The third-order valence-corrected chi connectivity index (χ3v) is 2.05. The molecule has 7 heteroatoms. The first kappa shape index (κ1) is 8.82. The van der Waals surface area contributed by atoms with Gasteiger partial charge in [0.1, 0.15) is 16.4 Å². The molecule has 0 aliphatic carbocycles. The van der Waals surface area contributed by atoms with E-state index in [-0.39, 0.29) is 10.6 Å². The third kappa shape index (κ3) is 1.18. The van der Waals surface area contributed by atoms with E-state index >= 15 is 0 Å². The van der Waals surface area contributed by atoms with E-state index in [1.165, 1.54) is 10.7 Å². The summed E-state index contributed by atoms with van der Waals surface area (Å²) >= 11 is 4.92. The smallest absolute Gasteiger partial charge is 0.340 e. The molecule has 2 rings (SSSR count). The Kier molecular flexibility index (Phi) is 1.81. The van der Waals surface area contributed by atoms with E-state index in [9.17, 15) is 4.79 Å². The molecule has 0 unspecified atom stereocenters. The molecule has 6 nitrogen and oxygen atoms in total. The van der Waals surface area contributed by atoms with Crippen LogP contribution >= 0.6 is 12.6 Å². The zero-order valence-corrected chi connectivity index (χ0v) is 7.95. The topological polar surface area (TPSA) is 80.4 Å². The summed E-state index contributed by atoms with van der Waals surface area (Å²) in [6, 6.07) is 0. The Morgan fingerprint density at radius 1 is 1.64 bits per heavy atom. The third-order valence-electron chi connectivity index (χ3n) is 1.66. The fourth-order valence-electron chi connectivity index (χ4n) is 1.06. The van der Waals surface area contributed by atoms with Crippen LogP contribution in [0, 0.1) is 6.92 Å². The Hall–Kier alpha value is -1.76. The van der Waals surface area contributed by atoms with Gasteiger partial charge >= 0.3 is 5.97 Å². The first-order chi connectivity index (χ1) is 6.59. The van der Waals surface area contributed by atoms with Gasteiger partial charge in [0.05, 0.1) is 0 Å². The van der Waals surface area contributed by atoms with E-state index < -0.39 is 5.97 Å². The second-order valence-electron chi connectivity index (χ2n) is 2.65. The van der Waals surface area contributed by atoms with Gasteiger partial charge in [-0.25, -0.2) is 9.78 Å². The van der Waals surface area contributed by atoms with E-state index in [4.69, 9.17) is 17.7 Å². The molecule has 0 saturated heterocycles. The number of hydrogen-bond donors (Lipinski definition) is 1. The van der Waals surface area contributed by atoms with Gasteiger partial charge in [-0.15, -0.1) is 5.10 Å². The van der Waals surface area contributed by atoms with Crippen molar-refractivity contribution in [1.29, 1.82) is 0 Å². The van der Waals surface area contributed by atoms with Crippen LogP contribution in [0.2, 0.25) is 0 Å². The summed E-state index contributed by atoms with van der Waals surface area (Å²) in [5, 5.41) is 12.8. The minimum absolute atomic E-state index is 0.0441. The van der Waals surface area contributed by atoms with Crippen molar-refractivity contribution in [2.75, 3.05) is 0 Å². The molecule has 2 heterocycles. The summed E-state index contributed by atoms with van der Waals surface area (Å²) < 4.78 is 1.24. The van der Waals surface area contributed by atoms with Crippen LogP contribution in [-0.4, -0.2) is 30.7 Å². The van der Waals surface area contributed by atoms with E-state index in [0.29, 0.717) is 11.6 Å². The van der Waals surface area contributed by atoms with Gasteiger partial charge in [0, 0.05) is 6.20 Å². The van der Waals surface area contributed by atoms with E-state index in [1.807, 2.05) is 0 Å². The van der Waals surface area contributed by atoms with Crippen LogP contribution in [0.4, 0.5) is 0 Å². The average molecular weight is 209 g/mol. The SMILES string of the molecule is Cc1nc2ncc(C(=O)O)c([S])n2n1. The molecule has 0 saturated carbocycles. The van der Waals surface area contributed by atoms with Crippen molar-refractivity contribution in [2.45, 2.75) is 11.9 Å². The number of carboxylic acid groups (broad SMARTS) is 1. The summed E-state index contributed by atoms with van der Waals surface area (Å²) in [5.74, 6) is -0.291. The molecular formula is C7H5N4O2S. The number of carboxylic acids is 1. The Bertz CT molecular complexity index is 522. The second-order valence-corrected chi connectivity index (χ2v) is 3.04. The fraction of sp³-hybridized carbons (Fsp3) is 0.143. The molecular weight excluding hydrogens is 204 g/mol. The Labute approximate surface area is 84.0 Å². The highest BCUT2D eigenvalue weighted by atomic mass is 32.1. The largest absolute Gasteiger partial charge is 0.478 e. The normalized spacial score (nSPS) is 10.6. The van der Waals surface area contributed by atoms with Gasteiger partial charge < -0.3 is 5.11 Å². The van der Waals surface area contributed by atoms with Gasteiger partial charge in [0.2, 0.25) is 0 Å². The predicted molar refractivity (Wildman–Crippen MR) is 48.3 cm³/mol. The van der Waals surface area contributed by atoms with Crippen molar-refractivity contribution < 1.29 is 9.90 Å². The quantitative estimate of drug-likeness (QED) is 0.699. The van der Waals surface area contributed by atoms with Gasteiger partial charge in [-0.3, -0.25) is 0 Å². The summed E-state index contributed by atoms with van der Waals surface area (Å²) in [7, 11) is 0. The molecule has 0 aliphatic rings. The van der Waals surface area contributed by atoms with Crippen LogP contribution in [0.1, 0.15) is 16.2 Å². The number of aromatic nitrogens is 4. The van der Waals surface area contributed by atoms with Gasteiger partial charge in [-0.1, -0.05) is 12.6 Å². The molecule has 0 spiro atoms. The van der Waals surface area contributed by atoms with Gasteiger partial charge in [0.25, 0.3) is 5.78 Å². The molecule has 1 N–H and O–H groups in total. The lowest BCUT2D eigenvalue weighted by molar-refractivity contribution is 0.0691. The highest BCUT2D eigenvalue weighted by Crippen LogP contribution is 2.13. The van der Waals surface area contributed by atoms with Crippen molar-refractivity contribution in [3.05, 3.63) is 17.6 Å². The molecule has 2 aromatic heterocycles. The minimum atomic E-state index is -1.11. The van der Waals surface area contributed by atoms with Crippen molar-refractivity contribution in [3.63, 3.8) is 0 Å². The molecule has 1 radical (unpaired) electrons. The summed E-state index contributed by atoms with van der Waals surface area (Å²) in [6.07, 6.45) is 1.19.